The Bertz CT molecular complexity index is 164. The first kappa shape index (κ1) is 9.51. The van der Waals surface area contributed by atoms with Gasteiger partial charge < -0.3 is 4.48 Å². The van der Waals surface area contributed by atoms with Crippen LogP contribution in [0.15, 0.2) is 0 Å². The monoisotopic (exact) mass is 182 g/mol. The molecule has 0 N–H and O–H groups in total. The van der Waals surface area contributed by atoms with Gasteiger partial charge in [0.15, 0.2) is 0 Å². The number of hydrogen-bond donors (Lipinski definition) is 0. The zero-order chi connectivity index (χ0) is 9.31. The van der Waals surface area contributed by atoms with Gasteiger partial charge in [0.2, 0.25) is 0 Å². The van der Waals surface area contributed by atoms with Crippen LogP contribution in [0.4, 0.5) is 0 Å². The molecule has 2 atom stereocenters. The summed E-state index contributed by atoms with van der Waals surface area (Å²) in [4.78, 5) is 0. The summed E-state index contributed by atoms with van der Waals surface area (Å²) in [7, 11) is 0. The average molecular weight is 182 g/mol. The van der Waals surface area contributed by atoms with E-state index in [-0.39, 0.29) is 0 Å². The lowest BCUT2D eigenvalue weighted by atomic mass is 9.87. The van der Waals surface area contributed by atoms with Gasteiger partial charge in [0, 0.05) is 5.92 Å². The first-order valence-corrected chi connectivity index (χ1v) is 6.10. The molecule has 76 valence electrons. The van der Waals surface area contributed by atoms with Crippen molar-refractivity contribution in [3.05, 3.63) is 0 Å². The molecule has 0 aromatic rings. The Labute approximate surface area is 82.7 Å². The van der Waals surface area contributed by atoms with Crippen LogP contribution in [0.1, 0.15) is 46.0 Å². The van der Waals surface area contributed by atoms with Crippen LogP contribution in [0.3, 0.4) is 0 Å². The minimum Gasteiger partial charge on any atom is -0.321 e. The lowest BCUT2D eigenvalue weighted by Crippen LogP contribution is -2.61. The Morgan fingerprint density at radius 3 is 2.15 bits per heavy atom. The molecule has 0 radical (unpaired) electrons. The first-order valence-electron chi connectivity index (χ1n) is 6.10. The van der Waals surface area contributed by atoms with Crippen LogP contribution in [0.2, 0.25) is 0 Å². The Hall–Kier alpha value is -0.0400. The van der Waals surface area contributed by atoms with Crippen LogP contribution in [0, 0.1) is 5.92 Å². The van der Waals surface area contributed by atoms with Gasteiger partial charge in [-0.1, -0.05) is 6.92 Å². The van der Waals surface area contributed by atoms with E-state index < -0.39 is 0 Å². The van der Waals surface area contributed by atoms with E-state index in [2.05, 4.69) is 13.8 Å². The predicted octanol–water partition coefficient (Wildman–Crippen LogP) is 2.81. The second-order valence-corrected chi connectivity index (χ2v) is 5.31. The fourth-order valence-electron chi connectivity index (χ4n) is 3.49. The molecule has 0 amide bonds. The largest absolute Gasteiger partial charge is 0.321 e. The molecule has 0 aromatic heterocycles. The smallest absolute Gasteiger partial charge is 0.0887 e. The highest BCUT2D eigenvalue weighted by Crippen LogP contribution is 2.33. The molecule has 2 aliphatic rings. The molecule has 0 saturated carbocycles. The maximum atomic E-state index is 2.50. The van der Waals surface area contributed by atoms with Crippen molar-refractivity contribution < 1.29 is 4.48 Å². The highest BCUT2D eigenvalue weighted by Gasteiger charge is 2.40. The lowest BCUT2D eigenvalue weighted by molar-refractivity contribution is -0.961. The van der Waals surface area contributed by atoms with Gasteiger partial charge in [-0.25, -0.2) is 0 Å². The predicted molar refractivity (Wildman–Crippen MR) is 56.6 cm³/mol. The maximum Gasteiger partial charge on any atom is 0.0887 e. The zero-order valence-corrected chi connectivity index (χ0v) is 9.26. The zero-order valence-electron chi connectivity index (χ0n) is 9.26. The minimum atomic E-state index is 0.939. The van der Waals surface area contributed by atoms with Gasteiger partial charge >= 0.3 is 0 Å². The van der Waals surface area contributed by atoms with Crippen molar-refractivity contribution in [2.24, 2.45) is 5.92 Å². The summed E-state index contributed by atoms with van der Waals surface area (Å²) in [5, 5.41) is 0. The molecule has 0 aromatic carbocycles. The van der Waals surface area contributed by atoms with Crippen LogP contribution in [0.25, 0.3) is 0 Å². The number of quaternary nitrogens is 1. The van der Waals surface area contributed by atoms with Gasteiger partial charge in [-0.15, -0.1) is 0 Å². The fourth-order valence-corrected chi connectivity index (χ4v) is 3.49. The number of nitrogens with zero attached hydrogens (tertiary/aromatic N) is 1. The molecule has 1 nitrogen and oxygen atoms in total. The van der Waals surface area contributed by atoms with Crippen LogP contribution in [-0.2, 0) is 0 Å². The van der Waals surface area contributed by atoms with Crippen molar-refractivity contribution in [2.75, 3.05) is 19.6 Å². The third-order valence-electron chi connectivity index (χ3n) is 4.66. The summed E-state index contributed by atoms with van der Waals surface area (Å²) in [5.41, 5.74) is 0. The molecule has 0 bridgehead atoms. The van der Waals surface area contributed by atoms with Gasteiger partial charge in [0.25, 0.3) is 0 Å². The van der Waals surface area contributed by atoms with Gasteiger partial charge in [-0.2, -0.15) is 0 Å². The van der Waals surface area contributed by atoms with E-state index in [4.69, 9.17) is 0 Å². The molecule has 1 spiro atoms. The van der Waals surface area contributed by atoms with E-state index in [9.17, 15) is 0 Å². The third kappa shape index (κ3) is 1.63. The van der Waals surface area contributed by atoms with Crippen LogP contribution in [0.5, 0.6) is 0 Å². The Kier molecular flexibility index (Phi) is 2.64. The van der Waals surface area contributed by atoms with Gasteiger partial charge in [0.05, 0.1) is 25.7 Å². The molecule has 2 saturated heterocycles. The highest BCUT2D eigenvalue weighted by atomic mass is 15.4. The summed E-state index contributed by atoms with van der Waals surface area (Å²) >= 11 is 0. The summed E-state index contributed by atoms with van der Waals surface area (Å²) in [6, 6.07) is 0.939. The molecule has 2 fully saturated rings. The van der Waals surface area contributed by atoms with E-state index in [0.29, 0.717) is 0 Å². The third-order valence-corrected chi connectivity index (χ3v) is 4.66. The molecule has 0 aliphatic carbocycles. The van der Waals surface area contributed by atoms with Gasteiger partial charge in [-0.3, -0.25) is 0 Å². The normalized spacial score (nSPS) is 39.2. The van der Waals surface area contributed by atoms with Crippen molar-refractivity contribution in [3.8, 4) is 0 Å². The van der Waals surface area contributed by atoms with Crippen molar-refractivity contribution in [2.45, 2.75) is 52.0 Å². The number of rotatable bonds is 0. The van der Waals surface area contributed by atoms with E-state index >= 15 is 0 Å². The van der Waals surface area contributed by atoms with Crippen molar-refractivity contribution in [1.29, 1.82) is 0 Å². The minimum absolute atomic E-state index is 0.939. The Morgan fingerprint density at radius 1 is 0.846 bits per heavy atom. The van der Waals surface area contributed by atoms with Crippen molar-refractivity contribution in [3.63, 3.8) is 0 Å². The Morgan fingerprint density at radius 2 is 1.46 bits per heavy atom. The average Bonchev–Trinajstić information content (AvgIpc) is 2.16. The SMILES string of the molecule is CC1CCC[N+]2(CCCCC2)C1C. The van der Waals surface area contributed by atoms with Gasteiger partial charge in [-0.05, 0) is 39.0 Å². The summed E-state index contributed by atoms with van der Waals surface area (Å²) in [6.07, 6.45) is 7.40. The molecule has 2 aliphatic heterocycles. The first-order chi connectivity index (χ1) is 6.25. The summed E-state index contributed by atoms with van der Waals surface area (Å²) in [6.45, 7) is 9.39. The summed E-state index contributed by atoms with van der Waals surface area (Å²) < 4.78 is 1.47. The van der Waals surface area contributed by atoms with E-state index in [0.717, 1.165) is 12.0 Å². The van der Waals surface area contributed by atoms with Gasteiger partial charge in [0.1, 0.15) is 0 Å². The van der Waals surface area contributed by atoms with Crippen LogP contribution in [-0.4, -0.2) is 30.2 Å². The topological polar surface area (TPSA) is 0 Å². The highest BCUT2D eigenvalue weighted by molar-refractivity contribution is 4.71. The number of piperidine rings is 2. The van der Waals surface area contributed by atoms with E-state index in [1.807, 2.05) is 0 Å². The van der Waals surface area contributed by atoms with Crippen LogP contribution < -0.4 is 0 Å². The molecule has 2 unspecified atom stereocenters. The molecule has 2 heterocycles. The second kappa shape index (κ2) is 3.61. The molecule has 1 heteroatoms. The van der Waals surface area contributed by atoms with E-state index in [1.165, 1.54) is 56.2 Å². The van der Waals surface area contributed by atoms with Crippen molar-refractivity contribution >= 4 is 0 Å². The molecule has 2 rings (SSSR count). The standard InChI is InChI=1S/C12H24N/c1-11-7-6-10-13(12(11)2)8-4-3-5-9-13/h11-12H,3-10H2,1-2H3/q+1. The van der Waals surface area contributed by atoms with Crippen LogP contribution >= 0.6 is 0 Å². The van der Waals surface area contributed by atoms with Crippen molar-refractivity contribution in [1.82, 2.24) is 0 Å². The lowest BCUT2D eigenvalue weighted by Gasteiger charge is -2.51. The number of hydrogen-bond acceptors (Lipinski definition) is 0. The Balaban J connectivity index is 2.09. The molecule has 13 heavy (non-hydrogen) atoms. The summed E-state index contributed by atoms with van der Waals surface area (Å²) in [5.74, 6) is 0.965. The molecular formula is C12H24N+. The quantitative estimate of drug-likeness (QED) is 0.505. The molecular weight excluding hydrogens is 158 g/mol. The fraction of sp³-hybridized carbons (Fsp3) is 1.00. The maximum absolute atomic E-state index is 2.50. The van der Waals surface area contributed by atoms with E-state index in [1.54, 1.807) is 0 Å². The second-order valence-electron chi connectivity index (χ2n) is 5.31.